The molecule has 4 bridgehead atoms. The molecule has 0 aromatic rings. The lowest BCUT2D eigenvalue weighted by molar-refractivity contribution is 0.258. The van der Waals surface area contributed by atoms with Gasteiger partial charge in [-0.2, -0.15) is 21.0 Å². The summed E-state index contributed by atoms with van der Waals surface area (Å²) in [5.74, 6) is 2.38. The number of rotatable bonds is 0. The first-order chi connectivity index (χ1) is 9.22. The minimum atomic E-state index is -1.45. The molecule has 0 amide bonds. The highest BCUT2D eigenvalue weighted by Gasteiger charge is 2.88. The molecule has 3 fully saturated rings. The van der Waals surface area contributed by atoms with Crippen molar-refractivity contribution in [1.82, 2.24) is 0 Å². The van der Waals surface area contributed by atoms with Crippen LogP contribution in [0.25, 0.3) is 0 Å². The second-order valence-electron chi connectivity index (χ2n) is 6.52. The number of nitrogens with zero attached hydrogens (tertiary/aromatic N) is 4. The normalized spacial score (nSPS) is 50.3. The van der Waals surface area contributed by atoms with Gasteiger partial charge in [-0.1, -0.05) is 11.1 Å². The Balaban J connectivity index is 1.82. The van der Waals surface area contributed by atoms with E-state index in [1.807, 2.05) is 0 Å². The highest BCUT2D eigenvalue weighted by molar-refractivity contribution is 5.63. The Labute approximate surface area is 110 Å². The number of hydrogen-bond acceptors (Lipinski definition) is 4. The van der Waals surface area contributed by atoms with Gasteiger partial charge in [-0.3, -0.25) is 0 Å². The summed E-state index contributed by atoms with van der Waals surface area (Å²) in [4.78, 5) is 0. The van der Waals surface area contributed by atoms with E-state index in [2.05, 4.69) is 24.3 Å². The van der Waals surface area contributed by atoms with Gasteiger partial charge in [-0.05, 0) is 30.1 Å². The number of nitriles is 4. The van der Waals surface area contributed by atoms with Crippen molar-refractivity contribution in [2.75, 3.05) is 0 Å². The van der Waals surface area contributed by atoms with Gasteiger partial charge in [0.25, 0.3) is 0 Å². The third-order valence-corrected chi connectivity index (χ3v) is 6.47. The molecule has 4 atom stereocenters. The standard InChI is InChI=1S/C15H8N4/c16-2-14(3-17)6-1-7(15(14,4-18)5-19)9-8(6)10-12-11(9)13(10)12/h6-7,10-13H,1H2/t6-,7+,10?,11?,12?,13?. The second kappa shape index (κ2) is 2.27. The highest BCUT2D eigenvalue weighted by atomic mass is 14.9. The molecule has 0 radical (unpaired) electrons. The first kappa shape index (κ1) is 9.61. The monoisotopic (exact) mass is 244 g/mol. The van der Waals surface area contributed by atoms with Crippen molar-refractivity contribution < 1.29 is 0 Å². The van der Waals surface area contributed by atoms with E-state index in [1.54, 1.807) is 0 Å². The zero-order chi connectivity index (χ0) is 13.2. The third kappa shape index (κ3) is 0.590. The van der Waals surface area contributed by atoms with Gasteiger partial charge in [0.2, 0.25) is 0 Å². The van der Waals surface area contributed by atoms with Crippen LogP contribution in [0.4, 0.5) is 0 Å². The maximum absolute atomic E-state index is 9.57. The molecule has 0 aromatic heterocycles. The molecule has 0 saturated heterocycles. The van der Waals surface area contributed by atoms with E-state index in [9.17, 15) is 21.0 Å². The predicted molar refractivity (Wildman–Crippen MR) is 59.9 cm³/mol. The first-order valence-corrected chi connectivity index (χ1v) is 6.61. The largest absolute Gasteiger partial charge is 0.196 e. The quantitative estimate of drug-likeness (QED) is 0.603. The van der Waals surface area contributed by atoms with E-state index in [1.165, 1.54) is 11.1 Å². The van der Waals surface area contributed by atoms with Crippen LogP contribution in [0.1, 0.15) is 6.42 Å². The van der Waals surface area contributed by atoms with Crippen LogP contribution in [0.2, 0.25) is 0 Å². The smallest absolute Gasteiger partial charge is 0.182 e. The maximum Gasteiger partial charge on any atom is 0.182 e. The average Bonchev–Trinajstić information content (AvgIpc) is 3.13. The van der Waals surface area contributed by atoms with Gasteiger partial charge in [0.15, 0.2) is 10.8 Å². The molecule has 2 unspecified atom stereocenters. The van der Waals surface area contributed by atoms with Gasteiger partial charge < -0.3 is 0 Å². The van der Waals surface area contributed by atoms with Gasteiger partial charge in [0.05, 0.1) is 24.3 Å². The minimum Gasteiger partial charge on any atom is -0.196 e. The van der Waals surface area contributed by atoms with Crippen LogP contribution in [0.5, 0.6) is 0 Å². The molecule has 0 spiro atoms. The summed E-state index contributed by atoms with van der Waals surface area (Å²) in [6, 6.07) is 8.29. The second-order valence-corrected chi connectivity index (χ2v) is 6.52. The van der Waals surface area contributed by atoms with Crippen molar-refractivity contribution >= 4 is 0 Å². The van der Waals surface area contributed by atoms with Gasteiger partial charge in [-0.15, -0.1) is 0 Å². The van der Waals surface area contributed by atoms with E-state index in [-0.39, 0.29) is 11.8 Å². The van der Waals surface area contributed by atoms with Crippen molar-refractivity contribution in [2.24, 2.45) is 46.3 Å². The molecule has 4 heteroatoms. The van der Waals surface area contributed by atoms with Crippen LogP contribution in [0.15, 0.2) is 11.1 Å². The highest BCUT2D eigenvalue weighted by Crippen LogP contribution is 2.90. The van der Waals surface area contributed by atoms with Crippen molar-refractivity contribution in [3.63, 3.8) is 0 Å². The zero-order valence-corrected chi connectivity index (χ0v) is 9.96. The maximum atomic E-state index is 9.57. The number of allylic oxidation sites excluding steroid dienone is 2. The summed E-state index contributed by atoms with van der Waals surface area (Å²) in [6.45, 7) is 0. The summed E-state index contributed by atoms with van der Waals surface area (Å²) in [7, 11) is 0. The Hall–Kier alpha value is -2.30. The summed E-state index contributed by atoms with van der Waals surface area (Å²) in [6.07, 6.45) is 0.666. The summed E-state index contributed by atoms with van der Waals surface area (Å²) in [5, 5.41) is 38.3. The Kier molecular flexibility index (Phi) is 1.15. The van der Waals surface area contributed by atoms with Crippen molar-refractivity contribution in [3.8, 4) is 24.3 Å². The van der Waals surface area contributed by atoms with Crippen molar-refractivity contribution in [2.45, 2.75) is 6.42 Å². The van der Waals surface area contributed by atoms with Crippen LogP contribution in [0.3, 0.4) is 0 Å². The first-order valence-electron chi connectivity index (χ1n) is 6.61. The van der Waals surface area contributed by atoms with Crippen molar-refractivity contribution in [1.29, 1.82) is 21.0 Å². The molecular formula is C15H8N4. The van der Waals surface area contributed by atoms with E-state index in [0.29, 0.717) is 18.3 Å². The molecule has 19 heavy (non-hydrogen) atoms. The van der Waals surface area contributed by atoms with E-state index >= 15 is 0 Å². The summed E-state index contributed by atoms with van der Waals surface area (Å²) < 4.78 is 0. The Morgan fingerprint density at radius 3 is 1.42 bits per heavy atom. The fourth-order valence-corrected chi connectivity index (χ4v) is 5.67. The van der Waals surface area contributed by atoms with Gasteiger partial charge in [0, 0.05) is 11.8 Å². The van der Waals surface area contributed by atoms with Gasteiger partial charge in [-0.25, -0.2) is 0 Å². The fourth-order valence-electron chi connectivity index (χ4n) is 5.67. The molecule has 0 N–H and O–H groups in total. The molecule has 3 saturated carbocycles. The van der Waals surface area contributed by atoms with Crippen molar-refractivity contribution in [3.05, 3.63) is 11.1 Å². The molecular weight excluding hydrogens is 236 g/mol. The van der Waals surface area contributed by atoms with Gasteiger partial charge >= 0.3 is 0 Å². The lowest BCUT2D eigenvalue weighted by atomic mass is 9.57. The molecule has 4 nitrogen and oxygen atoms in total. The van der Waals surface area contributed by atoms with Crippen LogP contribution in [0, 0.1) is 91.7 Å². The Bertz CT molecular complexity index is 662. The molecule has 6 rings (SSSR count). The SMILES string of the molecule is N#CC1(C#N)[C@@H]2C[C@@H](C3=C2C2C4C3C24)C1(C#N)C#N. The Morgan fingerprint density at radius 2 is 1.11 bits per heavy atom. The molecule has 6 aliphatic rings. The summed E-state index contributed by atoms with van der Waals surface area (Å²) in [5.41, 5.74) is -0.267. The van der Waals surface area contributed by atoms with E-state index in [0.717, 1.165) is 11.8 Å². The van der Waals surface area contributed by atoms with Crippen LogP contribution >= 0.6 is 0 Å². The molecule has 0 aliphatic heterocycles. The average molecular weight is 244 g/mol. The lowest BCUT2D eigenvalue weighted by Gasteiger charge is -2.35. The third-order valence-electron chi connectivity index (χ3n) is 6.47. The fraction of sp³-hybridized carbons (Fsp3) is 0.600. The lowest BCUT2D eigenvalue weighted by Crippen LogP contribution is -2.44. The van der Waals surface area contributed by atoms with Crippen LogP contribution in [-0.2, 0) is 0 Å². The van der Waals surface area contributed by atoms with E-state index < -0.39 is 10.8 Å². The number of hydrogen-bond donors (Lipinski definition) is 0. The summed E-state index contributed by atoms with van der Waals surface area (Å²) >= 11 is 0. The number of fused-ring (bicyclic) bond motifs is 2. The molecule has 0 aromatic carbocycles. The predicted octanol–water partition coefficient (Wildman–Crippen LogP) is 1.51. The zero-order valence-electron chi connectivity index (χ0n) is 9.96. The molecule has 0 heterocycles. The molecule has 6 aliphatic carbocycles. The van der Waals surface area contributed by atoms with Crippen LogP contribution in [-0.4, -0.2) is 0 Å². The molecule has 88 valence electrons. The van der Waals surface area contributed by atoms with Gasteiger partial charge in [0.1, 0.15) is 0 Å². The van der Waals surface area contributed by atoms with E-state index in [4.69, 9.17) is 0 Å². The Morgan fingerprint density at radius 1 is 0.737 bits per heavy atom. The van der Waals surface area contributed by atoms with Crippen LogP contribution < -0.4 is 0 Å². The minimum absolute atomic E-state index is 0.160. The topological polar surface area (TPSA) is 95.2 Å².